The Labute approximate surface area is 112 Å². The molecule has 0 amide bonds. The molecular formula is C15H16ClNO. The van der Waals surface area contributed by atoms with Gasteiger partial charge in [0.15, 0.2) is 0 Å². The maximum atomic E-state index is 6.05. The van der Waals surface area contributed by atoms with Crippen LogP contribution in [0.15, 0.2) is 48.5 Å². The standard InChI is InChI=1S/C15H16ClNO/c16-13-7-8-15(18-10-4-9-17)14(11-13)12-5-2-1-3-6-12/h1-3,5-8,11H,4,9-10,17H2. The van der Waals surface area contributed by atoms with Crippen LogP contribution in [0, 0.1) is 0 Å². The normalized spacial score (nSPS) is 10.3. The Morgan fingerprint density at radius 2 is 1.83 bits per heavy atom. The highest BCUT2D eigenvalue weighted by Gasteiger charge is 2.06. The van der Waals surface area contributed by atoms with E-state index in [-0.39, 0.29) is 0 Å². The molecule has 2 rings (SSSR count). The molecule has 0 saturated heterocycles. The third-order valence-electron chi connectivity index (χ3n) is 2.63. The molecule has 0 spiro atoms. The molecule has 3 heteroatoms. The monoisotopic (exact) mass is 261 g/mol. The summed E-state index contributed by atoms with van der Waals surface area (Å²) in [6.07, 6.45) is 0.844. The second-order valence-electron chi connectivity index (χ2n) is 4.00. The van der Waals surface area contributed by atoms with Crippen molar-refractivity contribution in [2.24, 2.45) is 5.73 Å². The number of rotatable bonds is 5. The molecule has 0 bridgehead atoms. The van der Waals surface area contributed by atoms with Gasteiger partial charge in [-0.05, 0) is 36.7 Å². The summed E-state index contributed by atoms with van der Waals surface area (Å²) in [5.74, 6) is 0.846. The molecule has 2 nitrogen and oxygen atoms in total. The van der Waals surface area contributed by atoms with Gasteiger partial charge in [0.1, 0.15) is 5.75 Å². The summed E-state index contributed by atoms with van der Waals surface area (Å²) < 4.78 is 5.75. The van der Waals surface area contributed by atoms with Gasteiger partial charge in [-0.25, -0.2) is 0 Å². The predicted molar refractivity (Wildman–Crippen MR) is 76.1 cm³/mol. The zero-order valence-corrected chi connectivity index (χ0v) is 10.9. The number of hydrogen-bond acceptors (Lipinski definition) is 2. The fraction of sp³-hybridized carbons (Fsp3) is 0.200. The third kappa shape index (κ3) is 3.25. The van der Waals surface area contributed by atoms with Crippen molar-refractivity contribution in [3.63, 3.8) is 0 Å². The van der Waals surface area contributed by atoms with Gasteiger partial charge in [-0.1, -0.05) is 41.9 Å². The van der Waals surface area contributed by atoms with E-state index in [1.807, 2.05) is 48.5 Å². The van der Waals surface area contributed by atoms with Crippen molar-refractivity contribution >= 4 is 11.6 Å². The van der Waals surface area contributed by atoms with E-state index in [0.717, 1.165) is 23.3 Å². The molecule has 2 aromatic rings. The van der Waals surface area contributed by atoms with Crippen molar-refractivity contribution in [1.82, 2.24) is 0 Å². The van der Waals surface area contributed by atoms with Gasteiger partial charge in [0, 0.05) is 10.6 Å². The van der Waals surface area contributed by atoms with Crippen LogP contribution in [0.5, 0.6) is 5.75 Å². The average molecular weight is 262 g/mol. The molecule has 18 heavy (non-hydrogen) atoms. The van der Waals surface area contributed by atoms with E-state index in [2.05, 4.69) is 0 Å². The van der Waals surface area contributed by atoms with Crippen molar-refractivity contribution in [2.45, 2.75) is 6.42 Å². The molecule has 2 aromatic carbocycles. The average Bonchev–Trinajstić information content (AvgIpc) is 2.41. The van der Waals surface area contributed by atoms with Crippen LogP contribution < -0.4 is 10.5 Å². The third-order valence-corrected chi connectivity index (χ3v) is 2.87. The van der Waals surface area contributed by atoms with Crippen LogP contribution in [0.25, 0.3) is 11.1 Å². The minimum atomic E-state index is 0.623. The molecule has 0 aliphatic rings. The van der Waals surface area contributed by atoms with Crippen molar-refractivity contribution in [3.8, 4) is 16.9 Å². The maximum Gasteiger partial charge on any atom is 0.127 e. The molecule has 0 aliphatic heterocycles. The molecule has 0 fully saturated rings. The lowest BCUT2D eigenvalue weighted by atomic mass is 10.0. The van der Waals surface area contributed by atoms with Gasteiger partial charge in [-0.15, -0.1) is 0 Å². The molecule has 0 heterocycles. The van der Waals surface area contributed by atoms with Crippen molar-refractivity contribution < 1.29 is 4.74 Å². The molecule has 2 N–H and O–H groups in total. The Bertz CT molecular complexity index is 499. The van der Waals surface area contributed by atoms with Gasteiger partial charge in [0.2, 0.25) is 0 Å². The van der Waals surface area contributed by atoms with Gasteiger partial charge in [0.25, 0.3) is 0 Å². The van der Waals surface area contributed by atoms with Crippen molar-refractivity contribution in [3.05, 3.63) is 53.6 Å². The summed E-state index contributed by atoms with van der Waals surface area (Å²) in [5, 5.41) is 0.708. The number of halogens is 1. The van der Waals surface area contributed by atoms with Gasteiger partial charge in [0.05, 0.1) is 6.61 Å². The largest absolute Gasteiger partial charge is 0.493 e. The smallest absolute Gasteiger partial charge is 0.127 e. The Morgan fingerprint density at radius 3 is 2.56 bits per heavy atom. The Kier molecular flexibility index (Phi) is 4.62. The second-order valence-corrected chi connectivity index (χ2v) is 4.43. The first-order chi connectivity index (χ1) is 8.81. The molecule has 94 valence electrons. The van der Waals surface area contributed by atoms with Gasteiger partial charge < -0.3 is 10.5 Å². The Hall–Kier alpha value is -1.51. The van der Waals surface area contributed by atoms with Crippen molar-refractivity contribution in [1.29, 1.82) is 0 Å². The summed E-state index contributed by atoms with van der Waals surface area (Å²) in [6.45, 7) is 1.26. The first-order valence-corrected chi connectivity index (χ1v) is 6.37. The highest BCUT2D eigenvalue weighted by Crippen LogP contribution is 2.32. The molecule has 0 saturated carbocycles. The zero-order valence-electron chi connectivity index (χ0n) is 10.1. The summed E-state index contributed by atoms with van der Waals surface area (Å²) in [4.78, 5) is 0. The van der Waals surface area contributed by atoms with Crippen LogP contribution in [-0.2, 0) is 0 Å². The zero-order chi connectivity index (χ0) is 12.8. The summed E-state index contributed by atoms with van der Waals surface area (Å²) in [5.41, 5.74) is 7.58. The topological polar surface area (TPSA) is 35.2 Å². The van der Waals surface area contributed by atoms with E-state index in [1.165, 1.54) is 0 Å². The molecule has 0 radical (unpaired) electrons. The predicted octanol–water partition coefficient (Wildman–Crippen LogP) is 3.73. The quantitative estimate of drug-likeness (QED) is 0.833. The first-order valence-electron chi connectivity index (χ1n) is 5.99. The molecule has 0 unspecified atom stereocenters. The molecule has 0 atom stereocenters. The van der Waals surface area contributed by atoms with E-state index in [4.69, 9.17) is 22.1 Å². The van der Waals surface area contributed by atoms with Gasteiger partial charge in [-0.2, -0.15) is 0 Å². The number of ether oxygens (including phenoxy) is 1. The lowest BCUT2D eigenvalue weighted by Crippen LogP contribution is -2.06. The lowest BCUT2D eigenvalue weighted by molar-refractivity contribution is 0.314. The minimum Gasteiger partial charge on any atom is -0.493 e. The fourth-order valence-corrected chi connectivity index (χ4v) is 1.91. The van der Waals surface area contributed by atoms with E-state index in [0.29, 0.717) is 18.2 Å². The van der Waals surface area contributed by atoms with Crippen LogP contribution in [0.4, 0.5) is 0 Å². The second kappa shape index (κ2) is 6.43. The number of hydrogen-bond donors (Lipinski definition) is 1. The van der Waals surface area contributed by atoms with Crippen LogP contribution in [-0.4, -0.2) is 13.2 Å². The van der Waals surface area contributed by atoms with Crippen LogP contribution >= 0.6 is 11.6 Å². The summed E-state index contributed by atoms with van der Waals surface area (Å²) >= 11 is 6.05. The summed E-state index contributed by atoms with van der Waals surface area (Å²) in [6, 6.07) is 15.7. The minimum absolute atomic E-state index is 0.623. The molecule has 0 aliphatic carbocycles. The van der Waals surface area contributed by atoms with Gasteiger partial charge in [-0.3, -0.25) is 0 Å². The van der Waals surface area contributed by atoms with Crippen LogP contribution in [0.3, 0.4) is 0 Å². The maximum absolute atomic E-state index is 6.05. The Morgan fingerprint density at radius 1 is 1.06 bits per heavy atom. The highest BCUT2D eigenvalue weighted by molar-refractivity contribution is 6.31. The van der Waals surface area contributed by atoms with E-state index in [9.17, 15) is 0 Å². The number of nitrogens with two attached hydrogens (primary N) is 1. The van der Waals surface area contributed by atoms with Crippen LogP contribution in [0.1, 0.15) is 6.42 Å². The van der Waals surface area contributed by atoms with E-state index >= 15 is 0 Å². The van der Waals surface area contributed by atoms with Crippen molar-refractivity contribution in [2.75, 3.05) is 13.2 Å². The van der Waals surface area contributed by atoms with E-state index in [1.54, 1.807) is 0 Å². The van der Waals surface area contributed by atoms with Gasteiger partial charge >= 0.3 is 0 Å². The lowest BCUT2D eigenvalue weighted by Gasteiger charge is -2.11. The molecule has 0 aromatic heterocycles. The first kappa shape index (κ1) is 12.9. The SMILES string of the molecule is NCCCOc1ccc(Cl)cc1-c1ccccc1. The molecular weight excluding hydrogens is 246 g/mol. The fourth-order valence-electron chi connectivity index (χ4n) is 1.74. The highest BCUT2D eigenvalue weighted by atomic mass is 35.5. The number of benzene rings is 2. The van der Waals surface area contributed by atoms with Crippen LogP contribution in [0.2, 0.25) is 5.02 Å². The van der Waals surface area contributed by atoms with E-state index < -0.39 is 0 Å². The summed E-state index contributed by atoms with van der Waals surface area (Å²) in [7, 11) is 0. The Balaban J connectivity index is 2.29.